The lowest BCUT2D eigenvalue weighted by Gasteiger charge is -2.05. The molecule has 0 aliphatic heterocycles. The molecule has 4 aromatic rings. The molecule has 1 aromatic carbocycles. The molecule has 0 unspecified atom stereocenters. The highest BCUT2D eigenvalue weighted by Gasteiger charge is 2.05. The Balaban J connectivity index is 1.59. The zero-order valence-corrected chi connectivity index (χ0v) is 11.8. The van der Waals surface area contributed by atoms with Crippen molar-refractivity contribution in [1.29, 1.82) is 0 Å². The van der Waals surface area contributed by atoms with Crippen molar-refractivity contribution >= 4 is 5.65 Å². The molecule has 6 nitrogen and oxygen atoms in total. The van der Waals surface area contributed by atoms with Gasteiger partial charge in [-0.25, -0.2) is 23.9 Å². The van der Waals surface area contributed by atoms with Gasteiger partial charge in [0.25, 0.3) is 0 Å². The second-order valence-corrected chi connectivity index (χ2v) is 4.79. The molecular weight excluding hydrogens is 297 g/mol. The number of hydrogen-bond donors (Lipinski definition) is 0. The lowest BCUT2D eigenvalue weighted by Crippen LogP contribution is -1.93. The number of aromatic nitrogens is 5. The first-order valence-electron chi connectivity index (χ1n) is 6.83. The first-order chi connectivity index (χ1) is 11.3. The van der Waals surface area contributed by atoms with E-state index in [0.29, 0.717) is 5.75 Å². The third kappa shape index (κ3) is 2.71. The molecule has 0 spiro atoms. The van der Waals surface area contributed by atoms with Crippen LogP contribution in [0.4, 0.5) is 4.39 Å². The van der Waals surface area contributed by atoms with Gasteiger partial charge in [-0.05, 0) is 24.3 Å². The summed E-state index contributed by atoms with van der Waals surface area (Å²) in [6.07, 6.45) is 6.61. The number of ether oxygens (including phenoxy) is 1. The summed E-state index contributed by atoms with van der Waals surface area (Å²) in [5.74, 6) is -0.0259. The van der Waals surface area contributed by atoms with Gasteiger partial charge in [-0.3, -0.25) is 0 Å². The van der Waals surface area contributed by atoms with Crippen LogP contribution in [0.2, 0.25) is 0 Å². The van der Waals surface area contributed by atoms with E-state index in [1.807, 2.05) is 18.3 Å². The van der Waals surface area contributed by atoms with Crippen molar-refractivity contribution in [2.24, 2.45) is 0 Å². The topological polar surface area (TPSA) is 65.2 Å². The van der Waals surface area contributed by atoms with Gasteiger partial charge in [0.15, 0.2) is 5.65 Å². The Morgan fingerprint density at radius 3 is 2.65 bits per heavy atom. The summed E-state index contributed by atoms with van der Waals surface area (Å²) < 4.78 is 20.2. The number of nitrogens with zero attached hydrogens (tertiary/aromatic N) is 5. The van der Waals surface area contributed by atoms with Crippen molar-refractivity contribution in [1.82, 2.24) is 24.6 Å². The molecule has 4 rings (SSSR count). The molecule has 23 heavy (non-hydrogen) atoms. The van der Waals surface area contributed by atoms with Crippen LogP contribution in [0.15, 0.2) is 61.3 Å². The first-order valence-corrected chi connectivity index (χ1v) is 6.83. The van der Waals surface area contributed by atoms with Crippen LogP contribution in [0.1, 0.15) is 0 Å². The molecular formula is C16H10FN5O. The molecule has 0 fully saturated rings. The van der Waals surface area contributed by atoms with Crippen molar-refractivity contribution < 1.29 is 9.13 Å². The van der Waals surface area contributed by atoms with E-state index in [1.165, 1.54) is 18.5 Å². The highest BCUT2D eigenvalue weighted by atomic mass is 19.1. The molecule has 0 aliphatic rings. The molecule has 0 saturated carbocycles. The van der Waals surface area contributed by atoms with Gasteiger partial charge >= 0.3 is 6.01 Å². The van der Waals surface area contributed by atoms with E-state index in [0.717, 1.165) is 16.8 Å². The Bertz CT molecular complexity index is 968. The molecule has 0 bridgehead atoms. The van der Waals surface area contributed by atoms with Crippen molar-refractivity contribution in [3.63, 3.8) is 0 Å². The minimum atomic E-state index is -0.375. The van der Waals surface area contributed by atoms with Gasteiger partial charge in [-0.15, -0.1) is 0 Å². The molecule has 0 atom stereocenters. The minimum absolute atomic E-state index is 0.154. The Labute approximate surface area is 130 Å². The monoisotopic (exact) mass is 307 g/mol. The van der Waals surface area contributed by atoms with Crippen LogP contribution in [0.5, 0.6) is 11.8 Å². The fourth-order valence-electron chi connectivity index (χ4n) is 2.14. The zero-order valence-electron chi connectivity index (χ0n) is 11.8. The number of benzene rings is 1. The number of hydrogen-bond acceptors (Lipinski definition) is 5. The number of pyridine rings is 1. The van der Waals surface area contributed by atoms with Crippen molar-refractivity contribution in [2.45, 2.75) is 0 Å². The van der Waals surface area contributed by atoms with E-state index in [9.17, 15) is 4.39 Å². The fraction of sp³-hybridized carbons (Fsp3) is 0. The van der Waals surface area contributed by atoms with Gasteiger partial charge in [-0.2, -0.15) is 5.10 Å². The predicted molar refractivity (Wildman–Crippen MR) is 80.5 cm³/mol. The fourth-order valence-corrected chi connectivity index (χ4v) is 2.14. The van der Waals surface area contributed by atoms with E-state index in [1.54, 1.807) is 29.0 Å². The predicted octanol–water partition coefficient (Wildman–Crippen LogP) is 3.12. The molecule has 112 valence electrons. The Kier molecular flexibility index (Phi) is 3.16. The molecule has 0 saturated heterocycles. The summed E-state index contributed by atoms with van der Waals surface area (Å²) in [4.78, 5) is 12.4. The van der Waals surface area contributed by atoms with Gasteiger partial charge < -0.3 is 4.74 Å². The molecule has 0 aliphatic carbocycles. The summed E-state index contributed by atoms with van der Waals surface area (Å²) in [6, 6.07) is 9.74. The van der Waals surface area contributed by atoms with Crippen LogP contribution in [-0.2, 0) is 0 Å². The van der Waals surface area contributed by atoms with Crippen LogP contribution in [0.3, 0.4) is 0 Å². The lowest BCUT2D eigenvalue weighted by atomic mass is 10.1. The Morgan fingerprint density at radius 2 is 1.83 bits per heavy atom. The number of fused-ring (bicyclic) bond motifs is 1. The highest BCUT2D eigenvalue weighted by Crippen LogP contribution is 2.21. The molecule has 3 aromatic heterocycles. The summed E-state index contributed by atoms with van der Waals surface area (Å²) in [7, 11) is 0. The number of rotatable bonds is 3. The third-order valence-corrected chi connectivity index (χ3v) is 3.24. The van der Waals surface area contributed by atoms with Crippen LogP contribution in [0.25, 0.3) is 16.8 Å². The average Bonchev–Trinajstić information content (AvgIpc) is 3.03. The van der Waals surface area contributed by atoms with Gasteiger partial charge in [0.2, 0.25) is 0 Å². The van der Waals surface area contributed by atoms with Crippen LogP contribution in [0, 0.1) is 5.82 Å². The largest absolute Gasteiger partial charge is 0.424 e. The van der Waals surface area contributed by atoms with Gasteiger partial charge in [0, 0.05) is 35.8 Å². The van der Waals surface area contributed by atoms with Crippen LogP contribution < -0.4 is 4.74 Å². The van der Waals surface area contributed by atoms with Crippen LogP contribution in [-0.4, -0.2) is 24.6 Å². The maximum atomic E-state index is 13.1. The summed E-state index contributed by atoms with van der Waals surface area (Å²) in [5, 5.41) is 4.09. The standard InChI is InChI=1S/C16H10FN5O/c17-13-2-1-3-14(6-13)23-16-18-7-12(8-19-16)11-4-5-15-20-10-21-22(15)9-11/h1-10H. The first kappa shape index (κ1) is 13.3. The average molecular weight is 307 g/mol. The van der Waals surface area contributed by atoms with E-state index in [-0.39, 0.29) is 11.8 Å². The normalized spacial score (nSPS) is 10.8. The lowest BCUT2D eigenvalue weighted by molar-refractivity contribution is 0.438. The second kappa shape index (κ2) is 5.45. The van der Waals surface area contributed by atoms with E-state index in [4.69, 9.17) is 4.74 Å². The summed E-state index contributed by atoms with van der Waals surface area (Å²) in [5.41, 5.74) is 2.48. The second-order valence-electron chi connectivity index (χ2n) is 4.79. The summed E-state index contributed by atoms with van der Waals surface area (Å²) in [6.45, 7) is 0. The summed E-state index contributed by atoms with van der Waals surface area (Å²) >= 11 is 0. The van der Waals surface area contributed by atoms with Crippen molar-refractivity contribution in [3.8, 4) is 22.9 Å². The maximum absolute atomic E-state index is 13.1. The van der Waals surface area contributed by atoms with Crippen LogP contribution >= 0.6 is 0 Å². The quantitative estimate of drug-likeness (QED) is 0.582. The van der Waals surface area contributed by atoms with Gasteiger partial charge in [0.1, 0.15) is 17.9 Å². The van der Waals surface area contributed by atoms with E-state index in [2.05, 4.69) is 20.1 Å². The van der Waals surface area contributed by atoms with E-state index >= 15 is 0 Å². The smallest absolute Gasteiger partial charge is 0.321 e. The SMILES string of the molecule is Fc1cccc(Oc2ncc(-c3ccc4ncnn4c3)cn2)c1. The molecule has 7 heteroatoms. The van der Waals surface area contributed by atoms with Gasteiger partial charge in [-0.1, -0.05) is 6.07 Å². The van der Waals surface area contributed by atoms with Crippen molar-refractivity contribution in [3.05, 3.63) is 67.1 Å². The number of halogens is 1. The molecule has 3 heterocycles. The molecule has 0 amide bonds. The third-order valence-electron chi connectivity index (χ3n) is 3.24. The van der Waals surface area contributed by atoms with E-state index < -0.39 is 0 Å². The highest BCUT2D eigenvalue weighted by molar-refractivity contribution is 5.62. The van der Waals surface area contributed by atoms with Crippen molar-refractivity contribution in [2.75, 3.05) is 0 Å². The molecule has 0 radical (unpaired) electrons. The molecule has 0 N–H and O–H groups in total. The minimum Gasteiger partial charge on any atom is -0.424 e. The maximum Gasteiger partial charge on any atom is 0.321 e. The zero-order chi connectivity index (χ0) is 15.6. The Morgan fingerprint density at radius 1 is 0.957 bits per heavy atom. The van der Waals surface area contributed by atoms with Gasteiger partial charge in [0.05, 0.1) is 0 Å². The Hall–Kier alpha value is -3.35.